The summed E-state index contributed by atoms with van der Waals surface area (Å²) >= 11 is 0. The van der Waals surface area contributed by atoms with Crippen LogP contribution >= 0.6 is 0 Å². The predicted molar refractivity (Wildman–Crippen MR) is 86.9 cm³/mol. The Balaban J connectivity index is 1.73. The van der Waals surface area contributed by atoms with Gasteiger partial charge in [-0.15, -0.1) is 0 Å². The second-order valence-corrected chi connectivity index (χ2v) is 6.70. The van der Waals surface area contributed by atoms with Crippen molar-refractivity contribution in [1.82, 2.24) is 15.3 Å². The van der Waals surface area contributed by atoms with E-state index in [9.17, 15) is 9.50 Å². The summed E-state index contributed by atoms with van der Waals surface area (Å²) in [5.41, 5.74) is 0.455. The van der Waals surface area contributed by atoms with Crippen molar-refractivity contribution in [3.8, 4) is 0 Å². The Labute approximate surface area is 134 Å². The van der Waals surface area contributed by atoms with Gasteiger partial charge in [-0.1, -0.05) is 6.07 Å². The number of anilines is 1. The maximum absolute atomic E-state index is 14.3. The summed E-state index contributed by atoms with van der Waals surface area (Å²) in [4.78, 5) is 10.7. The zero-order chi connectivity index (χ0) is 15.9. The summed E-state index contributed by atoms with van der Waals surface area (Å²) in [5, 5.41) is 14.4. The van der Waals surface area contributed by atoms with Gasteiger partial charge < -0.3 is 15.3 Å². The third-order valence-electron chi connectivity index (χ3n) is 5.28. The predicted octanol–water partition coefficient (Wildman–Crippen LogP) is 1.71. The van der Waals surface area contributed by atoms with E-state index in [0.29, 0.717) is 23.3 Å². The number of aliphatic hydroxyl groups excluding tert-OH is 1. The zero-order valence-corrected chi connectivity index (χ0v) is 13.0. The van der Waals surface area contributed by atoms with E-state index in [0.717, 1.165) is 38.9 Å². The Morgan fingerprint density at radius 2 is 2.26 bits per heavy atom. The number of rotatable bonds is 1. The van der Waals surface area contributed by atoms with Gasteiger partial charge in [0.15, 0.2) is 0 Å². The molecule has 0 saturated carbocycles. The van der Waals surface area contributed by atoms with Gasteiger partial charge in [0, 0.05) is 25.0 Å². The second-order valence-electron chi connectivity index (χ2n) is 6.70. The van der Waals surface area contributed by atoms with E-state index < -0.39 is 0 Å². The van der Waals surface area contributed by atoms with Crippen molar-refractivity contribution in [3.05, 3.63) is 30.3 Å². The van der Waals surface area contributed by atoms with Crippen LogP contribution in [0.5, 0.6) is 0 Å². The van der Waals surface area contributed by atoms with Gasteiger partial charge in [-0.25, -0.2) is 14.4 Å². The Morgan fingerprint density at radius 1 is 1.35 bits per heavy atom. The highest BCUT2D eigenvalue weighted by atomic mass is 19.1. The van der Waals surface area contributed by atoms with E-state index in [-0.39, 0.29) is 17.3 Å². The number of aromatic nitrogens is 2. The highest BCUT2D eigenvalue weighted by Gasteiger charge is 2.43. The van der Waals surface area contributed by atoms with Crippen LogP contribution in [0.1, 0.15) is 19.3 Å². The molecule has 122 valence electrons. The third-order valence-corrected chi connectivity index (χ3v) is 5.28. The van der Waals surface area contributed by atoms with Crippen molar-refractivity contribution < 1.29 is 9.50 Å². The number of fused-ring (bicyclic) bond motifs is 1. The third kappa shape index (κ3) is 2.46. The molecule has 0 bridgehead atoms. The molecule has 2 aliphatic heterocycles. The molecule has 2 fully saturated rings. The monoisotopic (exact) mass is 316 g/mol. The summed E-state index contributed by atoms with van der Waals surface area (Å²) in [6.45, 7) is 3.18. The first-order chi connectivity index (χ1) is 11.2. The van der Waals surface area contributed by atoms with Crippen molar-refractivity contribution in [1.29, 1.82) is 0 Å². The van der Waals surface area contributed by atoms with Crippen molar-refractivity contribution in [3.63, 3.8) is 0 Å². The standard InChI is InChI=1S/C17H21FN4O/c18-12-3-1-4-13-15(12)16(21-11-20-13)22-8-2-6-17(10-22)9-19-7-5-14(17)23/h1,3-4,11,14,19,23H,2,5-10H2/t14-,17-/m0/s1. The second kappa shape index (κ2) is 5.69. The van der Waals surface area contributed by atoms with Crippen LogP contribution in [-0.2, 0) is 0 Å². The van der Waals surface area contributed by atoms with Crippen LogP contribution in [0, 0.1) is 11.2 Å². The first kappa shape index (κ1) is 14.8. The largest absolute Gasteiger partial charge is 0.392 e. The molecular formula is C17H21FN4O. The smallest absolute Gasteiger partial charge is 0.142 e. The maximum Gasteiger partial charge on any atom is 0.142 e. The lowest BCUT2D eigenvalue weighted by molar-refractivity contribution is -0.0101. The lowest BCUT2D eigenvalue weighted by Crippen LogP contribution is -2.58. The van der Waals surface area contributed by atoms with Crippen LogP contribution < -0.4 is 10.2 Å². The van der Waals surface area contributed by atoms with Crippen LogP contribution in [0.15, 0.2) is 24.5 Å². The zero-order valence-electron chi connectivity index (χ0n) is 13.0. The van der Waals surface area contributed by atoms with E-state index >= 15 is 0 Å². The minimum absolute atomic E-state index is 0.168. The molecule has 3 heterocycles. The van der Waals surface area contributed by atoms with Crippen molar-refractivity contribution in [2.45, 2.75) is 25.4 Å². The number of nitrogens with one attached hydrogen (secondary N) is 1. The first-order valence-electron chi connectivity index (χ1n) is 8.23. The Kier molecular flexibility index (Phi) is 3.66. The summed E-state index contributed by atoms with van der Waals surface area (Å²) in [5.74, 6) is 0.352. The fourth-order valence-electron chi connectivity index (χ4n) is 4.05. The average molecular weight is 316 g/mol. The lowest BCUT2D eigenvalue weighted by Gasteiger charge is -2.48. The maximum atomic E-state index is 14.3. The molecule has 1 aromatic heterocycles. The first-order valence-corrected chi connectivity index (χ1v) is 8.23. The fourth-order valence-corrected chi connectivity index (χ4v) is 4.05. The summed E-state index contributed by atoms with van der Waals surface area (Å²) in [6.07, 6.45) is 3.91. The number of hydrogen-bond acceptors (Lipinski definition) is 5. The Bertz CT molecular complexity index is 716. The highest BCUT2D eigenvalue weighted by molar-refractivity contribution is 5.89. The molecule has 2 N–H and O–H groups in total. The Morgan fingerprint density at radius 3 is 3.13 bits per heavy atom. The number of nitrogens with zero attached hydrogens (tertiary/aromatic N) is 3. The number of benzene rings is 1. The topological polar surface area (TPSA) is 61.3 Å². The minimum Gasteiger partial charge on any atom is -0.392 e. The molecule has 23 heavy (non-hydrogen) atoms. The molecule has 2 aliphatic rings. The van der Waals surface area contributed by atoms with E-state index in [2.05, 4.69) is 20.2 Å². The SMILES string of the molecule is O[C@H]1CCNC[C@]12CCCN(c1ncnc3cccc(F)c13)C2. The molecular weight excluding hydrogens is 295 g/mol. The average Bonchev–Trinajstić information content (AvgIpc) is 2.58. The van der Waals surface area contributed by atoms with Gasteiger partial charge in [0.05, 0.1) is 17.0 Å². The van der Waals surface area contributed by atoms with Crippen LogP contribution in [0.3, 0.4) is 0 Å². The molecule has 2 saturated heterocycles. The molecule has 5 nitrogen and oxygen atoms in total. The van der Waals surface area contributed by atoms with Crippen LogP contribution in [-0.4, -0.2) is 47.4 Å². The van der Waals surface area contributed by atoms with E-state index in [1.165, 1.54) is 12.4 Å². The number of piperidine rings is 2. The molecule has 4 rings (SSSR count). The highest BCUT2D eigenvalue weighted by Crippen LogP contribution is 2.39. The number of aliphatic hydroxyl groups is 1. The van der Waals surface area contributed by atoms with E-state index in [4.69, 9.17) is 0 Å². The van der Waals surface area contributed by atoms with Crippen molar-refractivity contribution in [2.75, 3.05) is 31.1 Å². The normalized spacial score (nSPS) is 28.4. The molecule has 6 heteroatoms. The van der Waals surface area contributed by atoms with Gasteiger partial charge in [-0.3, -0.25) is 0 Å². The van der Waals surface area contributed by atoms with Crippen molar-refractivity contribution >= 4 is 16.7 Å². The van der Waals surface area contributed by atoms with Gasteiger partial charge in [0.25, 0.3) is 0 Å². The molecule has 0 unspecified atom stereocenters. The summed E-state index contributed by atoms with van der Waals surface area (Å²) in [7, 11) is 0. The molecule has 2 atom stereocenters. The number of hydrogen-bond donors (Lipinski definition) is 2. The van der Waals surface area contributed by atoms with Crippen LogP contribution in [0.25, 0.3) is 10.9 Å². The fraction of sp³-hybridized carbons (Fsp3) is 0.529. The Hall–Kier alpha value is -1.79. The van der Waals surface area contributed by atoms with Gasteiger partial charge in [0.2, 0.25) is 0 Å². The van der Waals surface area contributed by atoms with Crippen LogP contribution in [0.2, 0.25) is 0 Å². The van der Waals surface area contributed by atoms with E-state index in [1.807, 2.05) is 0 Å². The molecule has 0 aliphatic carbocycles. The summed E-state index contributed by atoms with van der Waals surface area (Å²) < 4.78 is 14.3. The molecule has 1 spiro atoms. The van der Waals surface area contributed by atoms with Gasteiger partial charge in [-0.05, 0) is 37.9 Å². The molecule has 0 radical (unpaired) electrons. The molecule has 1 aromatic carbocycles. The molecule has 2 aromatic rings. The van der Waals surface area contributed by atoms with Crippen molar-refractivity contribution in [2.24, 2.45) is 5.41 Å². The quantitative estimate of drug-likeness (QED) is 0.839. The number of halogens is 1. The summed E-state index contributed by atoms with van der Waals surface area (Å²) in [6, 6.07) is 4.92. The van der Waals surface area contributed by atoms with Crippen LogP contribution in [0.4, 0.5) is 10.2 Å². The van der Waals surface area contributed by atoms with Gasteiger partial charge in [0.1, 0.15) is 18.0 Å². The van der Waals surface area contributed by atoms with Gasteiger partial charge >= 0.3 is 0 Å². The minimum atomic E-state index is -0.315. The van der Waals surface area contributed by atoms with Gasteiger partial charge in [-0.2, -0.15) is 0 Å². The molecule has 0 amide bonds. The van der Waals surface area contributed by atoms with E-state index in [1.54, 1.807) is 12.1 Å². The lowest BCUT2D eigenvalue weighted by atomic mass is 9.72.